The summed E-state index contributed by atoms with van der Waals surface area (Å²) < 4.78 is 1.79. The summed E-state index contributed by atoms with van der Waals surface area (Å²) in [4.78, 5) is 0.772. The summed E-state index contributed by atoms with van der Waals surface area (Å²) in [6, 6.07) is 5.39. The lowest BCUT2D eigenvalue weighted by atomic mass is 10.1. The van der Waals surface area contributed by atoms with Crippen molar-refractivity contribution in [2.45, 2.75) is 20.3 Å². The summed E-state index contributed by atoms with van der Waals surface area (Å²) in [5, 5.41) is 14.3. The van der Waals surface area contributed by atoms with E-state index in [0.29, 0.717) is 16.6 Å². The molecule has 104 valence electrons. The number of anilines is 1. The van der Waals surface area contributed by atoms with E-state index in [1.807, 2.05) is 6.07 Å². The smallest absolute Gasteiger partial charge is 0.234 e. The second-order valence-corrected chi connectivity index (χ2v) is 6.42. The molecule has 0 aliphatic heterocycles. The number of benzene rings is 1. The molecule has 0 saturated carbocycles. The molecule has 20 heavy (non-hydrogen) atoms. The number of aromatic nitrogens is 4. The standard InChI is InChI=1S/C13H14ClN5S/c1-7(2)5-11-16-17-13-19(11)18-12(20-13)9-6-8(15)3-4-10(9)14/h3-4,6-7H,5,15H2,1-2H3. The fourth-order valence-corrected chi connectivity index (χ4v) is 3.12. The van der Waals surface area contributed by atoms with E-state index < -0.39 is 0 Å². The Balaban J connectivity index is 2.09. The van der Waals surface area contributed by atoms with Gasteiger partial charge in [0.15, 0.2) is 5.82 Å². The van der Waals surface area contributed by atoms with Crippen molar-refractivity contribution in [2.75, 3.05) is 5.73 Å². The Bertz CT molecular complexity index is 761. The highest BCUT2D eigenvalue weighted by molar-refractivity contribution is 7.19. The highest BCUT2D eigenvalue weighted by atomic mass is 35.5. The molecule has 0 bridgehead atoms. The summed E-state index contributed by atoms with van der Waals surface area (Å²) in [6.45, 7) is 4.28. The first-order chi connectivity index (χ1) is 9.54. The molecule has 2 heterocycles. The van der Waals surface area contributed by atoms with Crippen molar-refractivity contribution >= 4 is 33.6 Å². The zero-order valence-electron chi connectivity index (χ0n) is 11.2. The zero-order chi connectivity index (χ0) is 14.3. The fourth-order valence-electron chi connectivity index (χ4n) is 1.97. The maximum atomic E-state index is 6.22. The van der Waals surface area contributed by atoms with Crippen LogP contribution in [0.2, 0.25) is 5.02 Å². The van der Waals surface area contributed by atoms with E-state index in [4.69, 9.17) is 17.3 Å². The third-order valence-electron chi connectivity index (χ3n) is 2.87. The quantitative estimate of drug-likeness (QED) is 0.754. The van der Waals surface area contributed by atoms with Crippen LogP contribution in [-0.4, -0.2) is 19.8 Å². The van der Waals surface area contributed by atoms with Gasteiger partial charge in [0.2, 0.25) is 4.96 Å². The minimum atomic E-state index is 0.503. The third-order valence-corrected chi connectivity index (χ3v) is 4.13. The van der Waals surface area contributed by atoms with Crippen LogP contribution in [0, 0.1) is 5.92 Å². The Morgan fingerprint density at radius 1 is 1.35 bits per heavy atom. The molecule has 5 nitrogen and oxygen atoms in total. The number of halogens is 1. The first kappa shape index (κ1) is 13.3. The van der Waals surface area contributed by atoms with E-state index in [1.165, 1.54) is 11.3 Å². The maximum Gasteiger partial charge on any atom is 0.234 e. The number of nitrogen functional groups attached to an aromatic ring is 1. The summed E-state index contributed by atoms with van der Waals surface area (Å²) in [5.41, 5.74) is 7.31. The summed E-state index contributed by atoms with van der Waals surface area (Å²) in [5.74, 6) is 1.38. The van der Waals surface area contributed by atoms with E-state index in [-0.39, 0.29) is 0 Å². The van der Waals surface area contributed by atoms with Gasteiger partial charge in [-0.2, -0.15) is 9.61 Å². The molecule has 7 heteroatoms. The van der Waals surface area contributed by atoms with Crippen LogP contribution in [-0.2, 0) is 6.42 Å². The number of nitrogens with two attached hydrogens (primary N) is 1. The van der Waals surface area contributed by atoms with Crippen LogP contribution >= 0.6 is 22.9 Å². The van der Waals surface area contributed by atoms with Crippen LogP contribution < -0.4 is 5.73 Å². The Labute approximate surface area is 125 Å². The molecule has 0 radical (unpaired) electrons. The van der Waals surface area contributed by atoms with Crippen LogP contribution in [0.4, 0.5) is 5.69 Å². The monoisotopic (exact) mass is 307 g/mol. The first-order valence-corrected chi connectivity index (χ1v) is 7.50. The number of hydrogen-bond donors (Lipinski definition) is 1. The molecule has 0 fully saturated rings. The van der Waals surface area contributed by atoms with Gasteiger partial charge in [0.05, 0.1) is 5.02 Å². The summed E-state index contributed by atoms with van der Waals surface area (Å²) >= 11 is 7.67. The number of hydrogen-bond acceptors (Lipinski definition) is 5. The lowest BCUT2D eigenvalue weighted by molar-refractivity contribution is 0.607. The molecule has 0 atom stereocenters. The van der Waals surface area contributed by atoms with Gasteiger partial charge < -0.3 is 5.73 Å². The van der Waals surface area contributed by atoms with Gasteiger partial charge in [0.1, 0.15) is 5.01 Å². The van der Waals surface area contributed by atoms with E-state index in [2.05, 4.69) is 29.1 Å². The van der Waals surface area contributed by atoms with Gasteiger partial charge in [0, 0.05) is 17.7 Å². The average Bonchev–Trinajstić information content (AvgIpc) is 2.94. The van der Waals surface area contributed by atoms with Gasteiger partial charge in [-0.25, -0.2) is 0 Å². The van der Waals surface area contributed by atoms with E-state index in [0.717, 1.165) is 27.8 Å². The third kappa shape index (κ3) is 2.36. The van der Waals surface area contributed by atoms with Gasteiger partial charge in [-0.1, -0.05) is 36.8 Å². The molecule has 3 rings (SSSR count). The molecular formula is C13H14ClN5S. The zero-order valence-corrected chi connectivity index (χ0v) is 12.7. The molecule has 0 amide bonds. The van der Waals surface area contributed by atoms with Crippen molar-refractivity contribution in [1.29, 1.82) is 0 Å². The van der Waals surface area contributed by atoms with Gasteiger partial charge in [-0.3, -0.25) is 0 Å². The van der Waals surface area contributed by atoms with Crippen LogP contribution in [0.5, 0.6) is 0 Å². The van der Waals surface area contributed by atoms with E-state index in [1.54, 1.807) is 16.6 Å². The molecule has 0 aliphatic carbocycles. The lowest BCUT2D eigenvalue weighted by Gasteiger charge is -2.01. The number of nitrogens with zero attached hydrogens (tertiary/aromatic N) is 4. The second kappa shape index (κ2) is 5.03. The Morgan fingerprint density at radius 2 is 2.15 bits per heavy atom. The molecule has 0 spiro atoms. The molecule has 0 aliphatic rings. The van der Waals surface area contributed by atoms with Gasteiger partial charge in [0.25, 0.3) is 0 Å². The van der Waals surface area contributed by atoms with Crippen LogP contribution in [0.1, 0.15) is 19.7 Å². The van der Waals surface area contributed by atoms with Gasteiger partial charge in [-0.05, 0) is 24.1 Å². The molecule has 0 saturated heterocycles. The predicted molar refractivity (Wildman–Crippen MR) is 82.1 cm³/mol. The first-order valence-electron chi connectivity index (χ1n) is 6.31. The molecular weight excluding hydrogens is 294 g/mol. The molecule has 2 N–H and O–H groups in total. The Hall–Kier alpha value is -1.66. The SMILES string of the molecule is CC(C)Cc1nnc2sc(-c3cc(N)ccc3Cl)nn12. The number of fused-ring (bicyclic) bond motifs is 1. The number of rotatable bonds is 3. The largest absolute Gasteiger partial charge is 0.399 e. The van der Waals surface area contributed by atoms with Crippen molar-refractivity contribution in [3.63, 3.8) is 0 Å². The average molecular weight is 308 g/mol. The maximum absolute atomic E-state index is 6.22. The molecule has 0 unspecified atom stereocenters. The van der Waals surface area contributed by atoms with E-state index >= 15 is 0 Å². The molecule has 2 aromatic heterocycles. The fraction of sp³-hybridized carbons (Fsp3) is 0.308. The van der Waals surface area contributed by atoms with Crippen LogP contribution in [0.25, 0.3) is 15.5 Å². The second-order valence-electron chi connectivity index (χ2n) is 5.06. The Morgan fingerprint density at radius 3 is 2.90 bits per heavy atom. The molecule has 1 aromatic carbocycles. The minimum Gasteiger partial charge on any atom is -0.399 e. The van der Waals surface area contributed by atoms with Gasteiger partial charge in [-0.15, -0.1) is 10.2 Å². The van der Waals surface area contributed by atoms with Crippen molar-refractivity contribution in [2.24, 2.45) is 5.92 Å². The van der Waals surface area contributed by atoms with Crippen LogP contribution in [0.3, 0.4) is 0 Å². The summed E-state index contributed by atoms with van der Waals surface area (Å²) in [6.07, 6.45) is 0.842. The van der Waals surface area contributed by atoms with Gasteiger partial charge >= 0.3 is 0 Å². The highest BCUT2D eigenvalue weighted by Crippen LogP contribution is 2.32. The van der Waals surface area contributed by atoms with E-state index in [9.17, 15) is 0 Å². The Kier molecular flexibility index (Phi) is 3.35. The highest BCUT2D eigenvalue weighted by Gasteiger charge is 2.15. The minimum absolute atomic E-state index is 0.503. The van der Waals surface area contributed by atoms with Crippen molar-refractivity contribution < 1.29 is 0 Å². The lowest BCUT2D eigenvalue weighted by Crippen LogP contribution is -2.01. The topological polar surface area (TPSA) is 69.1 Å². The van der Waals surface area contributed by atoms with Crippen molar-refractivity contribution in [3.8, 4) is 10.6 Å². The van der Waals surface area contributed by atoms with Crippen molar-refractivity contribution in [3.05, 3.63) is 29.0 Å². The predicted octanol–water partition coefficient (Wildman–Crippen LogP) is 3.29. The van der Waals surface area contributed by atoms with Crippen molar-refractivity contribution in [1.82, 2.24) is 19.8 Å². The molecule has 3 aromatic rings. The van der Waals surface area contributed by atoms with Crippen LogP contribution in [0.15, 0.2) is 18.2 Å². The normalized spacial score (nSPS) is 11.6. The summed E-state index contributed by atoms with van der Waals surface area (Å²) in [7, 11) is 0.